The van der Waals surface area contributed by atoms with Gasteiger partial charge in [-0.05, 0) is 43.9 Å². The molecule has 0 bridgehead atoms. The fraction of sp³-hybridized carbons (Fsp3) is 0.444. The van der Waals surface area contributed by atoms with Crippen molar-refractivity contribution < 1.29 is 32.6 Å². The van der Waals surface area contributed by atoms with E-state index in [9.17, 15) is 22.8 Å². The standard InChI is InChI=1S/C18H20F3NO4/c1-2-9-26-15-8-5-12(18(19,20)21)10-14(15)16(23)22-13-6-3-11(4-7-13)17(24)25/h2,5,8,10-11,13H,1,3-4,6-7,9H2,(H,22,23)(H,24,25). The van der Waals surface area contributed by atoms with Gasteiger partial charge in [0.15, 0.2) is 0 Å². The molecule has 5 nitrogen and oxygen atoms in total. The van der Waals surface area contributed by atoms with Gasteiger partial charge in [0.25, 0.3) is 5.91 Å². The normalized spacial score (nSPS) is 20.3. The highest BCUT2D eigenvalue weighted by atomic mass is 19.4. The molecule has 0 heterocycles. The minimum atomic E-state index is -4.58. The molecule has 8 heteroatoms. The molecule has 0 atom stereocenters. The highest BCUT2D eigenvalue weighted by Crippen LogP contribution is 2.33. The number of alkyl halides is 3. The third kappa shape index (κ3) is 5.00. The Morgan fingerprint density at radius 2 is 1.92 bits per heavy atom. The first-order chi connectivity index (χ1) is 12.2. The summed E-state index contributed by atoms with van der Waals surface area (Å²) >= 11 is 0. The molecule has 0 unspecified atom stereocenters. The van der Waals surface area contributed by atoms with Gasteiger partial charge in [0, 0.05) is 6.04 Å². The third-order valence-electron chi connectivity index (χ3n) is 4.32. The van der Waals surface area contributed by atoms with Crippen molar-refractivity contribution in [3.8, 4) is 5.75 Å². The minimum absolute atomic E-state index is 0.0367. The van der Waals surface area contributed by atoms with Crippen LogP contribution in [-0.2, 0) is 11.0 Å². The van der Waals surface area contributed by atoms with Gasteiger partial charge in [-0.25, -0.2) is 0 Å². The van der Waals surface area contributed by atoms with Crippen molar-refractivity contribution in [3.63, 3.8) is 0 Å². The Morgan fingerprint density at radius 3 is 2.46 bits per heavy atom. The fourth-order valence-corrected chi connectivity index (χ4v) is 2.91. The van der Waals surface area contributed by atoms with Gasteiger partial charge in [-0.1, -0.05) is 12.7 Å². The molecule has 26 heavy (non-hydrogen) atoms. The van der Waals surface area contributed by atoms with Crippen LogP contribution in [0.15, 0.2) is 30.9 Å². The number of carbonyl (C=O) groups is 2. The fourth-order valence-electron chi connectivity index (χ4n) is 2.91. The molecular weight excluding hydrogens is 351 g/mol. The second-order valence-corrected chi connectivity index (χ2v) is 6.17. The van der Waals surface area contributed by atoms with Crippen LogP contribution < -0.4 is 10.1 Å². The lowest BCUT2D eigenvalue weighted by molar-refractivity contribution is -0.143. The average molecular weight is 371 g/mol. The zero-order chi connectivity index (χ0) is 19.3. The number of amides is 1. The maximum Gasteiger partial charge on any atom is 0.416 e. The van der Waals surface area contributed by atoms with Gasteiger partial charge in [-0.3, -0.25) is 9.59 Å². The molecule has 1 aromatic rings. The number of carbonyl (C=O) groups excluding carboxylic acids is 1. The number of nitrogens with one attached hydrogen (secondary N) is 1. The number of rotatable bonds is 6. The summed E-state index contributed by atoms with van der Waals surface area (Å²) in [7, 11) is 0. The molecule has 1 saturated carbocycles. The van der Waals surface area contributed by atoms with Gasteiger partial charge in [0.1, 0.15) is 12.4 Å². The Balaban J connectivity index is 2.15. The second kappa shape index (κ2) is 8.25. The summed E-state index contributed by atoms with van der Waals surface area (Å²) < 4.78 is 44.1. The van der Waals surface area contributed by atoms with E-state index in [0.717, 1.165) is 18.2 Å². The molecule has 0 saturated heterocycles. The molecule has 1 aromatic carbocycles. The van der Waals surface area contributed by atoms with E-state index in [1.165, 1.54) is 6.08 Å². The molecule has 0 aromatic heterocycles. The first-order valence-electron chi connectivity index (χ1n) is 8.21. The van der Waals surface area contributed by atoms with Gasteiger partial charge in [-0.2, -0.15) is 13.2 Å². The highest BCUT2D eigenvalue weighted by Gasteiger charge is 2.33. The predicted octanol–water partition coefficient (Wildman–Crippen LogP) is 3.64. The van der Waals surface area contributed by atoms with Crippen LogP contribution in [0.2, 0.25) is 0 Å². The van der Waals surface area contributed by atoms with Crippen molar-refractivity contribution in [1.82, 2.24) is 5.32 Å². The zero-order valence-electron chi connectivity index (χ0n) is 14.0. The Hall–Kier alpha value is -2.51. The van der Waals surface area contributed by atoms with Gasteiger partial charge in [0.05, 0.1) is 17.0 Å². The van der Waals surface area contributed by atoms with Crippen molar-refractivity contribution >= 4 is 11.9 Å². The number of carboxylic acids is 1. The number of aliphatic carboxylic acids is 1. The van der Waals surface area contributed by atoms with Crippen LogP contribution in [0.3, 0.4) is 0 Å². The van der Waals surface area contributed by atoms with E-state index in [1.807, 2.05) is 0 Å². The Labute approximate surface area is 148 Å². The van der Waals surface area contributed by atoms with E-state index in [-0.39, 0.29) is 24.0 Å². The topological polar surface area (TPSA) is 75.6 Å². The summed E-state index contributed by atoms with van der Waals surface area (Å²) in [6, 6.07) is 2.45. The number of halogens is 3. The smallest absolute Gasteiger partial charge is 0.416 e. The number of ether oxygens (including phenoxy) is 1. The first-order valence-corrected chi connectivity index (χ1v) is 8.21. The van der Waals surface area contributed by atoms with Crippen LogP contribution in [0, 0.1) is 5.92 Å². The molecule has 0 radical (unpaired) electrons. The Kier molecular flexibility index (Phi) is 6.28. The summed E-state index contributed by atoms with van der Waals surface area (Å²) in [5.74, 6) is -1.94. The van der Waals surface area contributed by atoms with E-state index in [2.05, 4.69) is 11.9 Å². The van der Waals surface area contributed by atoms with Crippen LogP contribution in [0.5, 0.6) is 5.75 Å². The van der Waals surface area contributed by atoms with E-state index in [4.69, 9.17) is 9.84 Å². The first kappa shape index (κ1) is 19.8. The van der Waals surface area contributed by atoms with Crippen molar-refractivity contribution in [2.24, 2.45) is 5.92 Å². The lowest BCUT2D eigenvalue weighted by atomic mass is 9.86. The maximum atomic E-state index is 12.9. The molecular formula is C18H20F3NO4. The summed E-state index contributed by atoms with van der Waals surface area (Å²) in [6.45, 7) is 3.52. The van der Waals surface area contributed by atoms with Gasteiger partial charge in [0.2, 0.25) is 0 Å². The molecule has 2 N–H and O–H groups in total. The van der Waals surface area contributed by atoms with Crippen molar-refractivity contribution in [3.05, 3.63) is 42.0 Å². The quantitative estimate of drug-likeness (QED) is 0.749. The molecule has 2 rings (SSSR count). The molecule has 0 spiro atoms. The maximum absolute atomic E-state index is 12.9. The Morgan fingerprint density at radius 1 is 1.27 bits per heavy atom. The van der Waals surface area contributed by atoms with E-state index in [1.54, 1.807) is 0 Å². The van der Waals surface area contributed by atoms with E-state index < -0.39 is 29.5 Å². The lowest BCUT2D eigenvalue weighted by Gasteiger charge is -2.27. The molecule has 1 aliphatic rings. The van der Waals surface area contributed by atoms with E-state index in [0.29, 0.717) is 25.7 Å². The molecule has 1 fully saturated rings. The van der Waals surface area contributed by atoms with Gasteiger partial charge < -0.3 is 15.2 Å². The summed E-state index contributed by atoms with van der Waals surface area (Å²) in [5, 5.41) is 11.7. The summed E-state index contributed by atoms with van der Waals surface area (Å²) in [5.41, 5.74) is -1.15. The largest absolute Gasteiger partial charge is 0.489 e. The minimum Gasteiger partial charge on any atom is -0.489 e. The molecule has 1 aliphatic carbocycles. The number of hydrogen-bond donors (Lipinski definition) is 2. The van der Waals surface area contributed by atoms with E-state index >= 15 is 0 Å². The zero-order valence-corrected chi connectivity index (χ0v) is 14.0. The lowest BCUT2D eigenvalue weighted by Crippen LogP contribution is -2.39. The number of carboxylic acid groups (broad SMARTS) is 1. The van der Waals surface area contributed by atoms with Crippen molar-refractivity contribution in [1.29, 1.82) is 0 Å². The highest BCUT2D eigenvalue weighted by molar-refractivity contribution is 5.97. The van der Waals surface area contributed by atoms with Crippen LogP contribution in [0.1, 0.15) is 41.6 Å². The monoisotopic (exact) mass is 371 g/mol. The third-order valence-corrected chi connectivity index (χ3v) is 4.32. The van der Waals surface area contributed by atoms with Crippen LogP contribution in [0.25, 0.3) is 0 Å². The van der Waals surface area contributed by atoms with Crippen LogP contribution >= 0.6 is 0 Å². The molecule has 142 valence electrons. The van der Waals surface area contributed by atoms with Gasteiger partial charge >= 0.3 is 12.1 Å². The molecule has 1 amide bonds. The Bertz CT molecular complexity index is 680. The number of benzene rings is 1. The molecule has 0 aliphatic heterocycles. The van der Waals surface area contributed by atoms with Crippen molar-refractivity contribution in [2.45, 2.75) is 37.9 Å². The average Bonchev–Trinajstić information content (AvgIpc) is 2.59. The summed E-state index contributed by atoms with van der Waals surface area (Å²) in [6.07, 6.45) is -1.39. The number of hydrogen-bond acceptors (Lipinski definition) is 3. The van der Waals surface area contributed by atoms with Crippen molar-refractivity contribution in [2.75, 3.05) is 6.61 Å². The SMILES string of the molecule is C=CCOc1ccc(C(F)(F)F)cc1C(=O)NC1CCC(C(=O)O)CC1. The van der Waals surface area contributed by atoms with Gasteiger partial charge in [-0.15, -0.1) is 0 Å². The second-order valence-electron chi connectivity index (χ2n) is 6.17. The predicted molar refractivity (Wildman–Crippen MR) is 88.0 cm³/mol. The summed E-state index contributed by atoms with van der Waals surface area (Å²) in [4.78, 5) is 23.5. The van der Waals surface area contributed by atoms with Crippen LogP contribution in [0.4, 0.5) is 13.2 Å². The van der Waals surface area contributed by atoms with Crippen LogP contribution in [-0.4, -0.2) is 29.6 Å².